The molecule has 1 rings (SSSR count). The fourth-order valence-corrected chi connectivity index (χ4v) is 1.81. The lowest BCUT2D eigenvalue weighted by atomic mass is 10.7. The third-order valence-corrected chi connectivity index (χ3v) is 2.82. The summed E-state index contributed by atoms with van der Waals surface area (Å²) in [4.78, 5) is 10.7. The first-order valence-corrected chi connectivity index (χ1v) is 5.17. The number of sulfonamides is 1. The van der Waals surface area contributed by atoms with Gasteiger partial charge in [-0.2, -0.15) is 0 Å². The van der Waals surface area contributed by atoms with E-state index in [-0.39, 0.29) is 4.90 Å². The molecule has 0 bridgehead atoms. The summed E-state index contributed by atoms with van der Waals surface area (Å²) in [5, 5.41) is 0. The lowest BCUT2D eigenvalue weighted by Gasteiger charge is -2.02. The first-order chi connectivity index (χ1) is 6.45. The minimum atomic E-state index is -3.80. The molecule has 0 atom stereocenters. The molecule has 1 heterocycles. The summed E-state index contributed by atoms with van der Waals surface area (Å²) >= 11 is 0. The summed E-state index contributed by atoms with van der Waals surface area (Å²) in [6, 6.07) is 1.38. The number of aryl methyl sites for hydroxylation is 1. The Hall–Kier alpha value is -1.50. The molecule has 6 nitrogen and oxygen atoms in total. The first kappa shape index (κ1) is 10.6. The van der Waals surface area contributed by atoms with Gasteiger partial charge in [-0.15, -0.1) is 0 Å². The maximum absolute atomic E-state index is 11.4. The summed E-state index contributed by atoms with van der Waals surface area (Å²) < 4.78 is 30.3. The van der Waals surface area contributed by atoms with Crippen molar-refractivity contribution >= 4 is 16.1 Å². The summed E-state index contributed by atoms with van der Waals surface area (Å²) in [6.45, 7) is 0. The third kappa shape index (κ3) is 2.25. The molecule has 0 unspecified atom stereocenters. The van der Waals surface area contributed by atoms with Crippen molar-refractivity contribution < 1.29 is 17.9 Å². The molecule has 0 saturated heterocycles. The number of carbonyl (C=O) groups is 1. The van der Waals surface area contributed by atoms with E-state index < -0.39 is 16.1 Å². The number of rotatable bonds is 2. The minimum Gasteiger partial charge on any atom is -0.452 e. The molecule has 0 aliphatic carbocycles. The van der Waals surface area contributed by atoms with Gasteiger partial charge < -0.3 is 9.30 Å². The van der Waals surface area contributed by atoms with Gasteiger partial charge in [0.2, 0.25) is 0 Å². The largest absolute Gasteiger partial charge is 0.452 e. The number of hydrogen-bond donors (Lipinski definition) is 1. The van der Waals surface area contributed by atoms with E-state index >= 15 is 0 Å². The van der Waals surface area contributed by atoms with Crippen molar-refractivity contribution in [3.63, 3.8) is 0 Å². The molecule has 7 heteroatoms. The lowest BCUT2D eigenvalue weighted by molar-refractivity contribution is 0.177. The maximum atomic E-state index is 11.4. The fourth-order valence-electron chi connectivity index (χ4n) is 0.847. The average molecular weight is 218 g/mol. The number of amides is 1. The zero-order valence-electron chi connectivity index (χ0n) is 7.72. The number of aromatic nitrogens is 1. The van der Waals surface area contributed by atoms with Gasteiger partial charge in [0.15, 0.2) is 0 Å². The molecule has 14 heavy (non-hydrogen) atoms. The van der Waals surface area contributed by atoms with Crippen molar-refractivity contribution in [2.45, 2.75) is 4.90 Å². The average Bonchev–Trinajstić information content (AvgIpc) is 2.51. The predicted molar refractivity (Wildman–Crippen MR) is 48.1 cm³/mol. The van der Waals surface area contributed by atoms with Gasteiger partial charge in [-0.1, -0.05) is 0 Å². The monoisotopic (exact) mass is 218 g/mol. The fraction of sp³-hybridized carbons (Fsp3) is 0.286. The van der Waals surface area contributed by atoms with E-state index in [2.05, 4.69) is 4.74 Å². The van der Waals surface area contributed by atoms with Crippen LogP contribution >= 0.6 is 0 Å². The summed E-state index contributed by atoms with van der Waals surface area (Å²) in [5.74, 6) is 0. The van der Waals surface area contributed by atoms with E-state index in [9.17, 15) is 13.2 Å². The van der Waals surface area contributed by atoms with E-state index in [0.717, 1.165) is 7.11 Å². The molecule has 1 N–H and O–H groups in total. The van der Waals surface area contributed by atoms with E-state index in [1.165, 1.54) is 12.3 Å². The van der Waals surface area contributed by atoms with Crippen molar-refractivity contribution in [2.24, 2.45) is 7.05 Å². The van der Waals surface area contributed by atoms with Gasteiger partial charge in [-0.05, 0) is 6.07 Å². The van der Waals surface area contributed by atoms with Crippen LogP contribution in [0.5, 0.6) is 0 Å². The highest BCUT2D eigenvalue weighted by Gasteiger charge is 2.18. The minimum absolute atomic E-state index is 0.0189. The summed E-state index contributed by atoms with van der Waals surface area (Å²) in [6.07, 6.45) is 1.94. The van der Waals surface area contributed by atoms with Crippen LogP contribution in [0.15, 0.2) is 23.4 Å². The summed E-state index contributed by atoms with van der Waals surface area (Å²) in [7, 11) is -1.03. The standard InChI is InChI=1S/C7H10N2O4S/c1-9-4-3-6(5-9)14(11,12)8-7(10)13-2/h3-5H,1-2H3,(H,8,10). The van der Waals surface area contributed by atoms with Crippen molar-refractivity contribution in [1.29, 1.82) is 0 Å². The Kier molecular flexibility index (Phi) is 2.80. The quantitative estimate of drug-likeness (QED) is 0.762. The molecular formula is C7H10N2O4S. The second-order valence-electron chi connectivity index (χ2n) is 2.61. The third-order valence-electron chi connectivity index (χ3n) is 1.52. The number of ether oxygens (including phenoxy) is 1. The molecule has 1 aromatic rings. The molecule has 0 aromatic carbocycles. The first-order valence-electron chi connectivity index (χ1n) is 3.68. The van der Waals surface area contributed by atoms with Gasteiger partial charge in [0.1, 0.15) is 4.90 Å². The van der Waals surface area contributed by atoms with Gasteiger partial charge in [0.05, 0.1) is 7.11 Å². The van der Waals surface area contributed by atoms with Crippen LogP contribution in [0.4, 0.5) is 4.79 Å². The maximum Gasteiger partial charge on any atom is 0.420 e. The Morgan fingerprint density at radius 2 is 2.21 bits per heavy atom. The summed E-state index contributed by atoms with van der Waals surface area (Å²) in [5.41, 5.74) is 0. The molecule has 0 saturated carbocycles. The molecule has 1 aromatic heterocycles. The molecule has 1 amide bonds. The van der Waals surface area contributed by atoms with Crippen LogP contribution in [0.1, 0.15) is 0 Å². The Labute approximate surface area is 81.5 Å². The normalized spacial score (nSPS) is 11.0. The predicted octanol–water partition coefficient (Wildman–Crippen LogP) is 0.0698. The van der Waals surface area contributed by atoms with E-state index in [1.54, 1.807) is 22.5 Å². The molecule has 0 aliphatic heterocycles. The van der Waals surface area contributed by atoms with Crippen LogP contribution in [0.3, 0.4) is 0 Å². The Morgan fingerprint density at radius 1 is 1.57 bits per heavy atom. The number of nitrogens with zero attached hydrogens (tertiary/aromatic N) is 1. The zero-order valence-corrected chi connectivity index (χ0v) is 8.54. The Balaban J connectivity index is 2.92. The second-order valence-corrected chi connectivity index (χ2v) is 4.29. The highest BCUT2D eigenvalue weighted by Crippen LogP contribution is 2.07. The number of methoxy groups -OCH3 is 1. The molecule has 0 radical (unpaired) electrons. The topological polar surface area (TPSA) is 77.4 Å². The highest BCUT2D eigenvalue weighted by molar-refractivity contribution is 7.90. The smallest absolute Gasteiger partial charge is 0.420 e. The van der Waals surface area contributed by atoms with Crippen LogP contribution in [-0.2, 0) is 21.8 Å². The molecule has 78 valence electrons. The number of hydrogen-bond acceptors (Lipinski definition) is 4. The zero-order chi connectivity index (χ0) is 10.8. The van der Waals surface area contributed by atoms with Gasteiger partial charge in [0, 0.05) is 19.4 Å². The van der Waals surface area contributed by atoms with Crippen molar-refractivity contribution in [1.82, 2.24) is 9.29 Å². The molecule has 0 fully saturated rings. The molecule has 0 spiro atoms. The lowest BCUT2D eigenvalue weighted by Crippen LogP contribution is -2.30. The van der Waals surface area contributed by atoms with Crippen molar-refractivity contribution in [3.8, 4) is 0 Å². The number of carbonyl (C=O) groups excluding carboxylic acids is 1. The van der Waals surface area contributed by atoms with Gasteiger partial charge in [-0.3, -0.25) is 0 Å². The van der Waals surface area contributed by atoms with Gasteiger partial charge in [0.25, 0.3) is 10.0 Å². The molecule has 0 aliphatic rings. The van der Waals surface area contributed by atoms with E-state index in [1.807, 2.05) is 0 Å². The van der Waals surface area contributed by atoms with E-state index in [0.29, 0.717) is 0 Å². The Bertz CT molecular complexity index is 434. The highest BCUT2D eigenvalue weighted by atomic mass is 32.2. The van der Waals surface area contributed by atoms with Crippen LogP contribution < -0.4 is 4.72 Å². The van der Waals surface area contributed by atoms with Crippen LogP contribution in [0.25, 0.3) is 0 Å². The number of nitrogens with one attached hydrogen (secondary N) is 1. The van der Waals surface area contributed by atoms with Crippen molar-refractivity contribution in [2.75, 3.05) is 7.11 Å². The van der Waals surface area contributed by atoms with Crippen LogP contribution in [0, 0.1) is 0 Å². The van der Waals surface area contributed by atoms with E-state index in [4.69, 9.17) is 0 Å². The second kappa shape index (κ2) is 3.70. The van der Waals surface area contributed by atoms with Crippen molar-refractivity contribution in [3.05, 3.63) is 18.5 Å². The van der Waals surface area contributed by atoms with Gasteiger partial charge >= 0.3 is 6.09 Å². The van der Waals surface area contributed by atoms with Crippen LogP contribution in [-0.4, -0.2) is 26.2 Å². The van der Waals surface area contributed by atoms with Crippen LogP contribution in [0.2, 0.25) is 0 Å². The van der Waals surface area contributed by atoms with Gasteiger partial charge in [-0.25, -0.2) is 17.9 Å². The Morgan fingerprint density at radius 3 is 2.64 bits per heavy atom. The SMILES string of the molecule is COC(=O)NS(=O)(=O)c1ccn(C)c1. The molecular weight excluding hydrogens is 208 g/mol.